The molecule has 0 aliphatic carbocycles. The fraction of sp³-hybridized carbons (Fsp3) is 0.357. The molecule has 0 saturated carbocycles. The average molecular weight is 312 g/mol. The summed E-state index contributed by atoms with van der Waals surface area (Å²) in [6.45, 7) is -0.756. The van der Waals surface area contributed by atoms with E-state index < -0.39 is 24.3 Å². The smallest absolute Gasteiger partial charge is 0.338 e. The maximum atomic E-state index is 13.4. The Labute approximate surface area is 127 Å². The minimum absolute atomic E-state index is 0.00325. The van der Waals surface area contributed by atoms with Crippen LogP contribution in [0.5, 0.6) is 5.75 Å². The molecule has 0 fully saturated rings. The summed E-state index contributed by atoms with van der Waals surface area (Å²) in [4.78, 5) is 35.6. The zero-order valence-corrected chi connectivity index (χ0v) is 12.5. The molecule has 120 valence electrons. The second-order valence-corrected chi connectivity index (χ2v) is 4.49. The van der Waals surface area contributed by atoms with Crippen LogP contribution in [0.3, 0.4) is 0 Å². The molecular formula is C14H17FN2O5. The van der Waals surface area contributed by atoms with Crippen LogP contribution in [0.2, 0.25) is 0 Å². The maximum absolute atomic E-state index is 13.4. The van der Waals surface area contributed by atoms with Crippen molar-refractivity contribution in [2.24, 2.45) is 0 Å². The van der Waals surface area contributed by atoms with Crippen LogP contribution in [0.25, 0.3) is 0 Å². The van der Waals surface area contributed by atoms with Crippen molar-refractivity contribution >= 4 is 17.8 Å². The summed E-state index contributed by atoms with van der Waals surface area (Å²) < 4.78 is 22.9. The molecule has 22 heavy (non-hydrogen) atoms. The van der Waals surface area contributed by atoms with Gasteiger partial charge in [-0.25, -0.2) is 9.18 Å². The number of hydrogen-bond acceptors (Lipinski definition) is 5. The van der Waals surface area contributed by atoms with Crippen LogP contribution < -0.4 is 10.1 Å². The Hall–Kier alpha value is -2.64. The number of carbonyl (C=O) groups is 3. The third kappa shape index (κ3) is 5.04. The van der Waals surface area contributed by atoms with Crippen molar-refractivity contribution in [3.05, 3.63) is 29.6 Å². The molecule has 1 aromatic rings. The maximum Gasteiger partial charge on any atom is 0.338 e. The van der Waals surface area contributed by atoms with Gasteiger partial charge in [-0.15, -0.1) is 0 Å². The molecule has 8 heteroatoms. The molecule has 1 rings (SSSR count). The Bertz CT molecular complexity index is 574. The largest absolute Gasteiger partial charge is 0.494 e. The van der Waals surface area contributed by atoms with Crippen LogP contribution in [0.1, 0.15) is 10.4 Å². The van der Waals surface area contributed by atoms with Crippen molar-refractivity contribution < 1.29 is 28.2 Å². The number of hydrogen-bond donors (Lipinski definition) is 1. The van der Waals surface area contributed by atoms with Gasteiger partial charge in [0.05, 0.1) is 19.2 Å². The molecule has 0 aliphatic heterocycles. The summed E-state index contributed by atoms with van der Waals surface area (Å²) in [5.74, 6) is -2.49. The molecule has 0 aromatic heterocycles. The lowest BCUT2D eigenvalue weighted by Crippen LogP contribution is -2.38. The van der Waals surface area contributed by atoms with E-state index in [0.717, 1.165) is 6.07 Å². The second-order valence-electron chi connectivity index (χ2n) is 4.49. The molecule has 0 aliphatic rings. The van der Waals surface area contributed by atoms with E-state index in [4.69, 9.17) is 9.47 Å². The average Bonchev–Trinajstić information content (AvgIpc) is 2.49. The normalized spacial score (nSPS) is 9.82. The molecule has 1 N–H and O–H groups in total. The summed E-state index contributed by atoms with van der Waals surface area (Å²) in [5, 5.41) is 2.30. The highest BCUT2D eigenvalue weighted by Gasteiger charge is 2.14. The van der Waals surface area contributed by atoms with Crippen LogP contribution in [-0.4, -0.2) is 57.0 Å². The van der Waals surface area contributed by atoms with Crippen LogP contribution in [0.4, 0.5) is 4.39 Å². The fourth-order valence-electron chi connectivity index (χ4n) is 1.39. The summed E-state index contributed by atoms with van der Waals surface area (Å²) in [6.07, 6.45) is 0. The van der Waals surface area contributed by atoms with Crippen molar-refractivity contribution in [1.82, 2.24) is 10.2 Å². The number of methoxy groups -OCH3 is 1. The van der Waals surface area contributed by atoms with Crippen molar-refractivity contribution in [3.63, 3.8) is 0 Å². The number of amides is 2. The van der Waals surface area contributed by atoms with Gasteiger partial charge in [-0.1, -0.05) is 0 Å². The second kappa shape index (κ2) is 7.96. The number of halogens is 1. The molecular weight excluding hydrogens is 295 g/mol. The highest BCUT2D eigenvalue weighted by molar-refractivity contribution is 5.92. The highest BCUT2D eigenvalue weighted by Crippen LogP contribution is 2.18. The van der Waals surface area contributed by atoms with Gasteiger partial charge in [-0.3, -0.25) is 9.59 Å². The highest BCUT2D eigenvalue weighted by atomic mass is 19.1. The summed E-state index contributed by atoms with van der Waals surface area (Å²) in [5.41, 5.74) is -0.0459. The first-order valence-corrected chi connectivity index (χ1v) is 6.32. The predicted octanol–water partition coefficient (Wildman–Crippen LogP) is 0.195. The van der Waals surface area contributed by atoms with Crippen molar-refractivity contribution in [2.45, 2.75) is 0 Å². The number of carbonyl (C=O) groups excluding carboxylic acids is 3. The molecule has 7 nitrogen and oxygen atoms in total. The molecule has 0 unspecified atom stereocenters. The molecule has 2 amide bonds. The van der Waals surface area contributed by atoms with Crippen molar-refractivity contribution in [3.8, 4) is 5.75 Å². The molecule has 0 atom stereocenters. The van der Waals surface area contributed by atoms with Crippen molar-refractivity contribution in [2.75, 3.05) is 34.4 Å². The van der Waals surface area contributed by atoms with E-state index >= 15 is 0 Å². The molecule has 0 bridgehead atoms. The first-order valence-electron chi connectivity index (χ1n) is 6.32. The summed E-state index contributed by atoms with van der Waals surface area (Å²) in [7, 11) is 4.40. The van der Waals surface area contributed by atoms with Gasteiger partial charge in [0.1, 0.15) is 0 Å². The van der Waals surface area contributed by atoms with Crippen LogP contribution in [0, 0.1) is 5.82 Å². The Morgan fingerprint density at radius 3 is 2.50 bits per heavy atom. The van der Waals surface area contributed by atoms with Crippen LogP contribution in [-0.2, 0) is 14.3 Å². The van der Waals surface area contributed by atoms with E-state index in [-0.39, 0.29) is 23.8 Å². The lowest BCUT2D eigenvalue weighted by atomic mass is 10.2. The van der Waals surface area contributed by atoms with E-state index in [9.17, 15) is 18.8 Å². The number of nitrogens with zero attached hydrogens (tertiary/aromatic N) is 1. The fourth-order valence-corrected chi connectivity index (χ4v) is 1.39. The van der Waals surface area contributed by atoms with E-state index in [1.807, 2.05) is 0 Å². The van der Waals surface area contributed by atoms with Gasteiger partial charge in [-0.05, 0) is 18.2 Å². The number of rotatable bonds is 6. The standard InChI is InChI=1S/C14H17FN2O5/c1-17(2)13(19)7-16-12(18)8-22-14(20)9-4-5-11(21-3)10(15)6-9/h4-6H,7-8H2,1-3H3,(H,16,18). The van der Waals surface area contributed by atoms with Gasteiger partial charge in [-0.2, -0.15) is 0 Å². The molecule has 0 spiro atoms. The Morgan fingerprint density at radius 1 is 1.27 bits per heavy atom. The SMILES string of the molecule is COc1ccc(C(=O)OCC(=O)NCC(=O)N(C)C)cc1F. The number of ether oxygens (including phenoxy) is 2. The van der Waals surface area contributed by atoms with Crippen molar-refractivity contribution in [1.29, 1.82) is 0 Å². The quantitative estimate of drug-likeness (QED) is 0.758. The third-order valence-electron chi connectivity index (χ3n) is 2.66. The molecule has 0 radical (unpaired) electrons. The van der Waals surface area contributed by atoms with Gasteiger partial charge in [0.15, 0.2) is 18.2 Å². The number of nitrogens with one attached hydrogen (secondary N) is 1. The zero-order chi connectivity index (χ0) is 16.7. The number of benzene rings is 1. The Morgan fingerprint density at radius 2 is 1.95 bits per heavy atom. The first-order chi connectivity index (χ1) is 10.3. The van der Waals surface area contributed by atoms with Gasteiger partial charge in [0.2, 0.25) is 5.91 Å². The topological polar surface area (TPSA) is 84.9 Å². The Balaban J connectivity index is 2.47. The lowest BCUT2D eigenvalue weighted by molar-refractivity contribution is -0.131. The van der Waals surface area contributed by atoms with Gasteiger partial charge in [0, 0.05) is 14.1 Å². The van der Waals surface area contributed by atoms with Crippen LogP contribution in [0.15, 0.2) is 18.2 Å². The Kier molecular flexibility index (Phi) is 6.30. The van der Waals surface area contributed by atoms with Crippen LogP contribution >= 0.6 is 0 Å². The lowest BCUT2D eigenvalue weighted by Gasteiger charge is -2.11. The summed E-state index contributed by atoms with van der Waals surface area (Å²) >= 11 is 0. The summed E-state index contributed by atoms with van der Waals surface area (Å²) in [6, 6.07) is 3.55. The van der Waals surface area contributed by atoms with E-state index in [1.165, 1.54) is 24.1 Å². The van der Waals surface area contributed by atoms with Gasteiger partial charge >= 0.3 is 5.97 Å². The van der Waals surface area contributed by atoms with E-state index in [1.54, 1.807) is 14.1 Å². The third-order valence-corrected chi connectivity index (χ3v) is 2.66. The first kappa shape index (κ1) is 17.4. The minimum atomic E-state index is -0.851. The van der Waals surface area contributed by atoms with E-state index in [2.05, 4.69) is 5.32 Å². The molecule has 0 saturated heterocycles. The predicted molar refractivity (Wildman–Crippen MR) is 74.9 cm³/mol. The van der Waals surface area contributed by atoms with E-state index in [0.29, 0.717) is 0 Å². The minimum Gasteiger partial charge on any atom is -0.494 e. The zero-order valence-electron chi connectivity index (χ0n) is 12.5. The number of esters is 1. The monoisotopic (exact) mass is 312 g/mol. The van der Waals surface area contributed by atoms with Gasteiger partial charge < -0.3 is 19.7 Å². The molecule has 0 heterocycles. The van der Waals surface area contributed by atoms with Gasteiger partial charge in [0.25, 0.3) is 5.91 Å². The molecule has 1 aromatic carbocycles. The number of likely N-dealkylation sites (N-methyl/N-ethyl adjacent to an activating group) is 1.